The molecule has 2 aliphatic heterocycles. The second-order valence-corrected chi connectivity index (χ2v) is 24.5. The van der Waals surface area contributed by atoms with Gasteiger partial charge in [0, 0.05) is 78.0 Å². The van der Waals surface area contributed by atoms with Gasteiger partial charge in [-0.2, -0.15) is 0 Å². The largest absolute Gasteiger partial charge is 0.444 e. The molecular formula is C69H77Cl3N14O6. The summed E-state index contributed by atoms with van der Waals surface area (Å²) < 4.78 is 21.0. The summed E-state index contributed by atoms with van der Waals surface area (Å²) in [4.78, 5) is 46.2. The zero-order chi connectivity index (χ0) is 61.4. The lowest BCUT2D eigenvalue weighted by Crippen LogP contribution is -2.52. The van der Waals surface area contributed by atoms with E-state index in [9.17, 15) is 15.0 Å². The van der Waals surface area contributed by atoms with Crippen molar-refractivity contribution in [3.63, 3.8) is 0 Å². The van der Waals surface area contributed by atoms with Crippen molar-refractivity contribution >= 4 is 88.7 Å². The third kappa shape index (κ3) is 13.6. The molecule has 2 saturated heterocycles. The number of amides is 1. The van der Waals surface area contributed by atoms with Crippen molar-refractivity contribution in [2.45, 2.75) is 88.2 Å². The number of aliphatic hydroxyl groups is 2. The van der Waals surface area contributed by atoms with Crippen LogP contribution < -0.4 is 32.3 Å². The van der Waals surface area contributed by atoms with Crippen LogP contribution in [0.3, 0.4) is 0 Å². The number of nitrogens with one attached hydrogen (secondary N) is 1. The van der Waals surface area contributed by atoms with Gasteiger partial charge in [-0.1, -0.05) is 48.5 Å². The molecule has 4 aromatic carbocycles. The van der Waals surface area contributed by atoms with E-state index in [0.717, 1.165) is 130 Å². The summed E-state index contributed by atoms with van der Waals surface area (Å²) >= 11 is 0. The molecule has 2 saturated carbocycles. The number of halogens is 3. The number of fused-ring (bicyclic) bond motifs is 2. The molecule has 4 fully saturated rings. The number of pyridine rings is 4. The minimum absolute atomic E-state index is 0. The van der Waals surface area contributed by atoms with Crippen LogP contribution in [0.25, 0.3) is 79.0 Å². The Labute approximate surface area is 552 Å². The van der Waals surface area contributed by atoms with Gasteiger partial charge in [0.05, 0.1) is 66.7 Å². The van der Waals surface area contributed by atoms with Gasteiger partial charge >= 0.3 is 6.09 Å². The third-order valence-corrected chi connectivity index (χ3v) is 17.4. The number of carbonyl (C=O) groups is 1. The molecule has 14 rings (SSSR count). The Morgan fingerprint density at radius 2 is 1.04 bits per heavy atom. The van der Waals surface area contributed by atoms with Crippen LogP contribution in [-0.2, 0) is 25.3 Å². The number of ether oxygens (including phenoxy) is 3. The first-order valence-corrected chi connectivity index (χ1v) is 30.5. The Morgan fingerprint density at radius 3 is 1.45 bits per heavy atom. The van der Waals surface area contributed by atoms with Crippen molar-refractivity contribution in [3.8, 4) is 56.7 Å². The monoisotopic (exact) mass is 1300 g/mol. The average molecular weight is 1300 g/mol. The lowest BCUT2D eigenvalue weighted by atomic mass is 9.72. The molecule has 23 heteroatoms. The summed E-state index contributed by atoms with van der Waals surface area (Å²) in [7, 11) is 0. The summed E-state index contributed by atoms with van der Waals surface area (Å²) in [5.41, 5.74) is 32.1. The number of benzene rings is 4. The van der Waals surface area contributed by atoms with Crippen LogP contribution in [-0.4, -0.2) is 126 Å². The highest BCUT2D eigenvalue weighted by Crippen LogP contribution is 2.43. The molecular weight excluding hydrogens is 1230 g/mol. The van der Waals surface area contributed by atoms with Crippen LogP contribution in [0.2, 0.25) is 0 Å². The molecule has 2 aliphatic carbocycles. The summed E-state index contributed by atoms with van der Waals surface area (Å²) in [6.07, 6.45) is 8.42. The van der Waals surface area contributed by atoms with E-state index in [1.165, 1.54) is 0 Å². The molecule has 9 N–H and O–H groups in total. The van der Waals surface area contributed by atoms with E-state index in [0.29, 0.717) is 60.8 Å². The standard InChI is InChI=1S/C37H41N7O4.C32H33N7O2.3ClH/c1-36(2,3)48-35(46)42-37(16-6-17-37)25-10-12-26(13-11-25)44-33(29-9-5-18-39-32(29)38)41-31-15-14-30(40-34(31)44)24-7-4-8-27(21-24)43-19-20-47-28(22-43)23-45;33-29-26(6-2-15-35-29)30-37-28-12-11-27(21-4-1-5-24(18-21)38-16-17-41-25(19-38)20-40)36-31(28)39(30)23-9-7-22(8-10-23)32(34)13-3-14-32;;;/h4-5,7-15,18,21,28,45H,6,16-17,19-20,22-23H2,1-3H3,(H2,38,39)(H,42,46);1-2,4-12,15,18,25,40H,3,13-14,16-17,19-20,34H2,(H2,33,35);3*1H/t28-;25-;;;/m11.../s1. The highest BCUT2D eigenvalue weighted by molar-refractivity contribution is 5.87. The maximum absolute atomic E-state index is 12.8. The van der Waals surface area contributed by atoms with Crippen molar-refractivity contribution in [2.75, 3.05) is 73.9 Å². The lowest BCUT2D eigenvalue weighted by Gasteiger charge is -2.43. The minimum Gasteiger partial charge on any atom is -0.444 e. The quantitative estimate of drug-likeness (QED) is 0.0626. The van der Waals surface area contributed by atoms with Crippen molar-refractivity contribution in [3.05, 3.63) is 169 Å². The van der Waals surface area contributed by atoms with E-state index in [4.69, 9.17) is 51.3 Å². The molecule has 0 unspecified atom stereocenters. The molecule has 480 valence electrons. The van der Waals surface area contributed by atoms with Crippen LogP contribution >= 0.6 is 37.2 Å². The summed E-state index contributed by atoms with van der Waals surface area (Å²) in [5, 5.41) is 22.4. The van der Waals surface area contributed by atoms with Crippen LogP contribution in [0.4, 0.5) is 27.8 Å². The van der Waals surface area contributed by atoms with Gasteiger partial charge in [-0.15, -0.1) is 37.2 Å². The molecule has 0 radical (unpaired) electrons. The highest BCUT2D eigenvalue weighted by atomic mass is 35.5. The van der Waals surface area contributed by atoms with Gasteiger partial charge in [0.2, 0.25) is 0 Å². The van der Waals surface area contributed by atoms with E-state index in [2.05, 4.69) is 96.4 Å². The van der Waals surface area contributed by atoms with Gasteiger partial charge in [-0.05, 0) is 167 Å². The van der Waals surface area contributed by atoms with E-state index in [1.807, 2.05) is 104 Å². The number of nitrogen functional groups attached to an aromatic ring is 2. The predicted octanol–water partition coefficient (Wildman–Crippen LogP) is 11.4. The minimum atomic E-state index is -0.579. The molecule has 0 spiro atoms. The fraction of sp³-hybridized carbons (Fsp3) is 0.319. The van der Waals surface area contributed by atoms with Crippen LogP contribution in [0.5, 0.6) is 0 Å². The molecule has 92 heavy (non-hydrogen) atoms. The smallest absolute Gasteiger partial charge is 0.408 e. The van der Waals surface area contributed by atoms with Crippen molar-refractivity contribution in [1.82, 2.24) is 44.4 Å². The Bertz CT molecular complexity index is 4210. The number of hydrogen-bond donors (Lipinski definition) is 6. The van der Waals surface area contributed by atoms with Crippen molar-refractivity contribution < 1.29 is 29.2 Å². The predicted molar refractivity (Wildman–Crippen MR) is 368 cm³/mol. The Balaban J connectivity index is 0.000000197. The first-order chi connectivity index (χ1) is 43.1. The molecule has 8 heterocycles. The average Bonchev–Trinajstić information content (AvgIpc) is 1.57. The number of nitrogens with two attached hydrogens (primary N) is 3. The van der Waals surface area contributed by atoms with Gasteiger partial charge < -0.3 is 56.7 Å². The van der Waals surface area contributed by atoms with E-state index in [-0.39, 0.29) is 68.2 Å². The van der Waals surface area contributed by atoms with Gasteiger partial charge in [-0.3, -0.25) is 9.13 Å². The highest BCUT2D eigenvalue weighted by Gasteiger charge is 2.41. The zero-order valence-corrected chi connectivity index (χ0v) is 54.0. The van der Waals surface area contributed by atoms with E-state index >= 15 is 0 Å². The van der Waals surface area contributed by atoms with E-state index in [1.54, 1.807) is 12.4 Å². The fourth-order valence-corrected chi connectivity index (χ4v) is 12.4. The summed E-state index contributed by atoms with van der Waals surface area (Å²) in [6, 6.07) is 48.7. The van der Waals surface area contributed by atoms with Crippen molar-refractivity contribution in [1.29, 1.82) is 0 Å². The first-order valence-electron chi connectivity index (χ1n) is 30.5. The van der Waals surface area contributed by atoms with Gasteiger partial charge in [0.15, 0.2) is 22.9 Å². The normalized spacial score (nSPS) is 17.4. The third-order valence-electron chi connectivity index (χ3n) is 17.4. The number of aliphatic hydroxyl groups excluding tert-OH is 2. The maximum Gasteiger partial charge on any atom is 0.408 e. The Kier molecular flexibility index (Phi) is 20.1. The first kappa shape index (κ1) is 66.5. The van der Waals surface area contributed by atoms with Crippen LogP contribution in [0, 0.1) is 0 Å². The number of anilines is 4. The van der Waals surface area contributed by atoms with Crippen LogP contribution in [0.15, 0.2) is 158 Å². The SMILES string of the molecule is CC(C)(C)OC(=O)NC1(c2ccc(-n3c(-c4cccnc4N)nc4ccc(-c5cccc(N6CCO[C@@H](CO)C6)c5)nc43)cc2)CCC1.Cl.Cl.Cl.Nc1ncccc1-c1nc2ccc(-c3cccc(N4CCO[C@@H](CO)C4)c3)nc2n1-c1ccc(C2(N)CCC2)cc1. The van der Waals surface area contributed by atoms with Gasteiger partial charge in [0.1, 0.15) is 28.3 Å². The number of alkyl carbamates (subject to hydrolysis) is 1. The summed E-state index contributed by atoms with van der Waals surface area (Å²) in [6.45, 7) is 9.54. The molecule has 4 aliphatic rings. The molecule has 20 nitrogen and oxygen atoms in total. The lowest BCUT2D eigenvalue weighted by molar-refractivity contribution is 0.00355. The maximum atomic E-state index is 12.8. The molecule has 1 amide bonds. The topological polar surface area (TPSA) is 269 Å². The molecule has 10 aromatic rings. The number of aromatic nitrogens is 8. The zero-order valence-electron chi connectivity index (χ0n) is 51.5. The van der Waals surface area contributed by atoms with Crippen LogP contribution in [0.1, 0.15) is 70.4 Å². The van der Waals surface area contributed by atoms with Gasteiger partial charge in [-0.25, -0.2) is 34.7 Å². The van der Waals surface area contributed by atoms with Crippen molar-refractivity contribution in [2.24, 2.45) is 5.73 Å². The molecule has 2 atom stereocenters. The second kappa shape index (κ2) is 27.8. The van der Waals surface area contributed by atoms with Gasteiger partial charge in [0.25, 0.3) is 0 Å². The van der Waals surface area contributed by atoms with E-state index < -0.39 is 17.2 Å². The Hall–Kier alpha value is -8.44. The number of hydrogen-bond acceptors (Lipinski definition) is 17. The number of rotatable bonds is 13. The Morgan fingerprint density at radius 1 is 0.587 bits per heavy atom. The molecule has 6 aromatic heterocycles. The second-order valence-electron chi connectivity index (χ2n) is 24.5. The summed E-state index contributed by atoms with van der Waals surface area (Å²) in [5.74, 6) is 2.11. The number of nitrogens with zero attached hydrogens (tertiary/aromatic N) is 10. The number of imidazole rings is 2. The molecule has 0 bridgehead atoms. The number of morpholine rings is 2. The fourth-order valence-electron chi connectivity index (χ4n) is 12.4. The number of carbonyl (C=O) groups excluding carboxylic acids is 1.